The Hall–Kier alpha value is -0.954. The van der Waals surface area contributed by atoms with Gasteiger partial charge in [0.2, 0.25) is 0 Å². The van der Waals surface area contributed by atoms with E-state index in [1.54, 1.807) is 6.07 Å². The molecule has 0 atom stereocenters. The van der Waals surface area contributed by atoms with E-state index in [2.05, 4.69) is 6.58 Å². The van der Waals surface area contributed by atoms with Crippen molar-refractivity contribution < 1.29 is 27.8 Å². The maximum absolute atomic E-state index is 9.60. The van der Waals surface area contributed by atoms with Gasteiger partial charge in [0.05, 0.1) is 5.02 Å². The molecular weight excluding hydrogens is 319 g/mol. The molecule has 8 heteroatoms. The zero-order valence-corrected chi connectivity index (χ0v) is 14.0. The van der Waals surface area contributed by atoms with Crippen molar-refractivity contribution in [3.05, 3.63) is 40.4 Å². The van der Waals surface area contributed by atoms with Gasteiger partial charge in [-0.3, -0.25) is 4.79 Å². The zero-order valence-electron chi connectivity index (χ0n) is 13.1. The van der Waals surface area contributed by atoms with Crippen molar-refractivity contribution in [3.8, 4) is 5.75 Å². The predicted octanol–water partition coefficient (Wildman–Crippen LogP) is 3.28. The molecule has 3 N–H and O–H groups in total. The standard InChI is InChI=1S/C6H4Cl2O.C4H6O2.C2H4O2.Mg.2H/c7-4-1-2-6(9)5(8)3-4;1-3(2)4(5)6;1-2(3)4;;;/h1-3,9H;1H2,2H3,(H,5,6);1H3,(H,3,4);;;/q;;;+2;2*-1. The number of phenols is 1. The average Bonchev–Trinajstić information content (AvgIpc) is 2.24. The largest absolute Gasteiger partial charge is 2.00 e. The van der Waals surface area contributed by atoms with E-state index in [9.17, 15) is 4.79 Å². The molecule has 0 aliphatic rings. The third-order valence-electron chi connectivity index (χ3n) is 1.27. The predicted molar refractivity (Wildman–Crippen MR) is 81.9 cm³/mol. The van der Waals surface area contributed by atoms with Crippen LogP contribution in [0.5, 0.6) is 5.75 Å². The van der Waals surface area contributed by atoms with Gasteiger partial charge in [0.15, 0.2) is 0 Å². The van der Waals surface area contributed by atoms with Crippen molar-refractivity contribution in [2.75, 3.05) is 0 Å². The van der Waals surface area contributed by atoms with Gasteiger partial charge in [-0.05, 0) is 25.1 Å². The number of phenolic OH excluding ortho intramolecular Hbond substituents is 1. The van der Waals surface area contributed by atoms with Crippen LogP contribution in [0.25, 0.3) is 0 Å². The summed E-state index contributed by atoms with van der Waals surface area (Å²) >= 11 is 11.0. The second-order valence-corrected chi connectivity index (χ2v) is 4.04. The number of halogens is 2. The molecule has 5 nitrogen and oxygen atoms in total. The fourth-order valence-corrected chi connectivity index (χ4v) is 0.890. The van der Waals surface area contributed by atoms with Crippen LogP contribution in [0, 0.1) is 0 Å². The summed E-state index contributed by atoms with van der Waals surface area (Å²) in [6.07, 6.45) is 0. The Morgan fingerprint density at radius 3 is 1.75 bits per heavy atom. The van der Waals surface area contributed by atoms with E-state index in [1.807, 2.05) is 0 Å². The summed E-state index contributed by atoms with van der Waals surface area (Å²) in [5.41, 5.74) is 0.176. The SMILES string of the molecule is C=C(C)C(=O)O.CC(=O)O.Oc1ccc(Cl)cc1Cl.[H-].[H-].[Mg+2]. The van der Waals surface area contributed by atoms with Crippen LogP contribution in [0.1, 0.15) is 16.7 Å². The smallest absolute Gasteiger partial charge is 1.00 e. The Morgan fingerprint density at radius 1 is 1.20 bits per heavy atom. The van der Waals surface area contributed by atoms with Crippen LogP contribution in [0.3, 0.4) is 0 Å². The van der Waals surface area contributed by atoms with Gasteiger partial charge in [-0.2, -0.15) is 0 Å². The average molecular weight is 335 g/mol. The minimum Gasteiger partial charge on any atom is -1.00 e. The molecule has 20 heavy (non-hydrogen) atoms. The van der Waals surface area contributed by atoms with Gasteiger partial charge < -0.3 is 18.2 Å². The van der Waals surface area contributed by atoms with Gasteiger partial charge in [-0.15, -0.1) is 0 Å². The molecule has 0 radical (unpaired) electrons. The van der Waals surface area contributed by atoms with Crippen LogP contribution < -0.4 is 0 Å². The van der Waals surface area contributed by atoms with Crippen LogP contribution in [0.15, 0.2) is 30.4 Å². The topological polar surface area (TPSA) is 94.8 Å². The van der Waals surface area contributed by atoms with Gasteiger partial charge in [0.25, 0.3) is 5.97 Å². The first-order chi connectivity index (χ1) is 8.57. The molecule has 0 aliphatic heterocycles. The molecule has 0 unspecified atom stereocenters. The van der Waals surface area contributed by atoms with Crippen LogP contribution in [0.2, 0.25) is 10.0 Å². The minimum absolute atomic E-state index is 0. The van der Waals surface area contributed by atoms with E-state index in [-0.39, 0.29) is 42.3 Å². The summed E-state index contributed by atoms with van der Waals surface area (Å²) < 4.78 is 0. The number of aliphatic carboxylic acids is 2. The molecule has 110 valence electrons. The van der Waals surface area contributed by atoms with E-state index in [4.69, 9.17) is 43.3 Å². The van der Waals surface area contributed by atoms with Crippen molar-refractivity contribution in [3.63, 3.8) is 0 Å². The molecule has 1 aromatic rings. The normalized spacial score (nSPS) is 7.80. The number of rotatable bonds is 1. The molecule has 0 aromatic heterocycles. The van der Waals surface area contributed by atoms with E-state index in [0.717, 1.165) is 6.92 Å². The van der Waals surface area contributed by atoms with E-state index in [0.29, 0.717) is 5.02 Å². The number of hydrogen-bond donors (Lipinski definition) is 3. The summed E-state index contributed by atoms with van der Waals surface area (Å²) in [6.45, 7) is 5.69. The molecule has 0 spiro atoms. The molecule has 1 aromatic carbocycles. The minimum atomic E-state index is -0.935. The second kappa shape index (κ2) is 13.0. The summed E-state index contributed by atoms with van der Waals surface area (Å²) in [7, 11) is 0. The third-order valence-corrected chi connectivity index (χ3v) is 1.81. The monoisotopic (exact) mass is 334 g/mol. The van der Waals surface area contributed by atoms with E-state index >= 15 is 0 Å². The zero-order chi connectivity index (χ0) is 15.6. The first-order valence-electron chi connectivity index (χ1n) is 4.80. The van der Waals surface area contributed by atoms with Crippen molar-refractivity contribution in [2.24, 2.45) is 0 Å². The Kier molecular flexibility index (Phi) is 15.7. The van der Waals surface area contributed by atoms with Crippen molar-refractivity contribution in [1.29, 1.82) is 0 Å². The van der Waals surface area contributed by atoms with Crippen molar-refractivity contribution in [1.82, 2.24) is 0 Å². The summed E-state index contributed by atoms with van der Waals surface area (Å²) in [5, 5.41) is 25.0. The number of benzene rings is 1. The van der Waals surface area contributed by atoms with Gasteiger partial charge >= 0.3 is 29.0 Å². The van der Waals surface area contributed by atoms with Crippen LogP contribution in [-0.4, -0.2) is 50.3 Å². The number of aromatic hydroxyl groups is 1. The first kappa shape index (κ1) is 24.1. The molecule has 0 fully saturated rings. The van der Waals surface area contributed by atoms with Crippen molar-refractivity contribution >= 4 is 58.2 Å². The molecule has 0 bridgehead atoms. The number of hydrogen-bond acceptors (Lipinski definition) is 3. The van der Waals surface area contributed by atoms with Gasteiger partial charge in [-0.25, -0.2) is 4.79 Å². The third kappa shape index (κ3) is 17.0. The number of carboxylic acid groups (broad SMARTS) is 2. The maximum atomic E-state index is 9.60. The maximum Gasteiger partial charge on any atom is 2.00 e. The van der Waals surface area contributed by atoms with Crippen LogP contribution >= 0.6 is 23.2 Å². The summed E-state index contributed by atoms with van der Waals surface area (Å²) in [4.78, 5) is 18.6. The number of carboxylic acids is 2. The Morgan fingerprint density at radius 2 is 1.55 bits per heavy atom. The quantitative estimate of drug-likeness (QED) is 0.541. The molecule has 1 rings (SSSR count). The Balaban J connectivity index is -0.0000000664. The molecule has 0 amide bonds. The van der Waals surface area contributed by atoms with Gasteiger partial charge in [-0.1, -0.05) is 29.8 Å². The Bertz CT molecular complexity index is 457. The molecule has 0 saturated carbocycles. The van der Waals surface area contributed by atoms with Gasteiger partial charge in [0, 0.05) is 17.5 Å². The molecule has 0 aliphatic carbocycles. The summed E-state index contributed by atoms with van der Waals surface area (Å²) in [6, 6.07) is 4.51. The number of carbonyl (C=O) groups is 2. The van der Waals surface area contributed by atoms with Gasteiger partial charge in [0.1, 0.15) is 5.75 Å². The van der Waals surface area contributed by atoms with E-state index < -0.39 is 11.9 Å². The second-order valence-electron chi connectivity index (χ2n) is 3.20. The van der Waals surface area contributed by atoms with E-state index in [1.165, 1.54) is 19.1 Å². The molecule has 0 saturated heterocycles. The first-order valence-corrected chi connectivity index (χ1v) is 5.55. The van der Waals surface area contributed by atoms with Crippen LogP contribution in [-0.2, 0) is 9.59 Å². The fraction of sp³-hybridized carbons (Fsp3) is 0.167. The molecular formula is C12H16Cl2MgO5. The fourth-order valence-electron chi connectivity index (χ4n) is 0.481. The van der Waals surface area contributed by atoms with Crippen molar-refractivity contribution in [2.45, 2.75) is 13.8 Å². The molecule has 0 heterocycles. The van der Waals surface area contributed by atoms with Crippen LogP contribution in [0.4, 0.5) is 0 Å². The Labute approximate surface area is 145 Å². The summed E-state index contributed by atoms with van der Waals surface area (Å²) in [5.74, 6) is -1.71.